The smallest absolute Gasteiger partial charge is 0.147 e. The Kier molecular flexibility index (Phi) is 4.09. The first-order valence-corrected chi connectivity index (χ1v) is 6.66. The highest BCUT2D eigenvalue weighted by Crippen LogP contribution is 2.22. The summed E-state index contributed by atoms with van der Waals surface area (Å²) in [5.74, 6) is 0.896. The Hall–Kier alpha value is -1.98. The van der Waals surface area contributed by atoms with Crippen molar-refractivity contribution in [3.8, 4) is 0 Å². The number of nitrogen functional groups attached to an aromatic ring is 1. The fraction of sp³-hybridized carbons (Fsp3) is 0.538. The molecule has 0 bridgehead atoms. The van der Waals surface area contributed by atoms with Crippen LogP contribution in [0, 0.1) is 6.92 Å². The van der Waals surface area contributed by atoms with Crippen molar-refractivity contribution in [1.29, 1.82) is 0 Å². The van der Waals surface area contributed by atoms with E-state index in [1.165, 1.54) is 5.56 Å². The molecule has 0 radical (unpaired) electrons. The Bertz CT molecular complexity index is 539. The van der Waals surface area contributed by atoms with Crippen LogP contribution in [0.2, 0.25) is 0 Å². The summed E-state index contributed by atoms with van der Waals surface area (Å²) in [5.41, 5.74) is 9.02. The lowest BCUT2D eigenvalue weighted by Gasteiger charge is -2.07. The predicted molar refractivity (Wildman–Crippen MR) is 77.1 cm³/mol. The summed E-state index contributed by atoms with van der Waals surface area (Å²) in [5, 5.41) is 12.0. The standard InChI is InChI=1S/C13H22N6/c1-4-5-11-12(14)13(18(3)17-11)15-6-7-19-9-10(2)8-16-19/h8-9,15H,4-7,14H2,1-3H3. The maximum Gasteiger partial charge on any atom is 0.147 e. The first-order chi connectivity index (χ1) is 9.11. The van der Waals surface area contributed by atoms with Crippen LogP contribution in [0.3, 0.4) is 0 Å². The van der Waals surface area contributed by atoms with Gasteiger partial charge in [-0.1, -0.05) is 13.3 Å². The fourth-order valence-electron chi connectivity index (χ4n) is 2.11. The zero-order chi connectivity index (χ0) is 13.8. The summed E-state index contributed by atoms with van der Waals surface area (Å²) < 4.78 is 3.73. The third-order valence-corrected chi connectivity index (χ3v) is 3.04. The SMILES string of the molecule is CCCc1nn(C)c(NCCn2cc(C)cn2)c1N. The Labute approximate surface area is 113 Å². The monoisotopic (exact) mass is 262 g/mol. The van der Waals surface area contributed by atoms with E-state index in [0.29, 0.717) is 0 Å². The summed E-state index contributed by atoms with van der Waals surface area (Å²) in [7, 11) is 1.91. The van der Waals surface area contributed by atoms with Crippen molar-refractivity contribution in [1.82, 2.24) is 19.6 Å². The zero-order valence-electron chi connectivity index (χ0n) is 11.8. The normalized spacial score (nSPS) is 10.9. The van der Waals surface area contributed by atoms with E-state index in [2.05, 4.69) is 22.4 Å². The molecule has 0 aromatic carbocycles. The second-order valence-electron chi connectivity index (χ2n) is 4.79. The van der Waals surface area contributed by atoms with Gasteiger partial charge in [-0.2, -0.15) is 10.2 Å². The Morgan fingerprint density at radius 3 is 2.84 bits per heavy atom. The van der Waals surface area contributed by atoms with E-state index in [9.17, 15) is 0 Å². The summed E-state index contributed by atoms with van der Waals surface area (Å²) >= 11 is 0. The van der Waals surface area contributed by atoms with Gasteiger partial charge in [-0.15, -0.1) is 0 Å². The molecular weight excluding hydrogens is 240 g/mol. The predicted octanol–water partition coefficient (Wildman–Crippen LogP) is 1.57. The molecule has 0 aliphatic heterocycles. The van der Waals surface area contributed by atoms with Crippen LogP contribution in [-0.2, 0) is 20.0 Å². The highest BCUT2D eigenvalue weighted by molar-refractivity contribution is 5.64. The molecule has 0 saturated carbocycles. The van der Waals surface area contributed by atoms with Crippen LogP contribution in [0.1, 0.15) is 24.6 Å². The highest BCUT2D eigenvalue weighted by Gasteiger charge is 2.11. The molecule has 0 aliphatic carbocycles. The van der Waals surface area contributed by atoms with Gasteiger partial charge in [0, 0.05) is 19.8 Å². The van der Waals surface area contributed by atoms with Gasteiger partial charge in [0.1, 0.15) is 5.82 Å². The van der Waals surface area contributed by atoms with Crippen LogP contribution < -0.4 is 11.1 Å². The highest BCUT2D eigenvalue weighted by atomic mass is 15.3. The second-order valence-corrected chi connectivity index (χ2v) is 4.79. The first kappa shape index (κ1) is 13.5. The molecule has 2 heterocycles. The van der Waals surface area contributed by atoms with E-state index in [4.69, 9.17) is 5.73 Å². The summed E-state index contributed by atoms with van der Waals surface area (Å²) in [6.07, 6.45) is 5.85. The van der Waals surface area contributed by atoms with Gasteiger partial charge in [0.25, 0.3) is 0 Å². The largest absolute Gasteiger partial charge is 0.394 e. The molecular formula is C13H22N6. The quantitative estimate of drug-likeness (QED) is 0.828. The van der Waals surface area contributed by atoms with Crippen LogP contribution in [0.25, 0.3) is 0 Å². The molecule has 2 aromatic heterocycles. The lowest BCUT2D eigenvalue weighted by Crippen LogP contribution is -2.13. The molecule has 0 amide bonds. The van der Waals surface area contributed by atoms with E-state index < -0.39 is 0 Å². The topological polar surface area (TPSA) is 73.7 Å². The van der Waals surface area contributed by atoms with Crippen LogP contribution >= 0.6 is 0 Å². The Morgan fingerprint density at radius 2 is 2.21 bits per heavy atom. The number of hydrogen-bond acceptors (Lipinski definition) is 4. The van der Waals surface area contributed by atoms with Crippen LogP contribution in [0.5, 0.6) is 0 Å². The lowest BCUT2D eigenvalue weighted by atomic mass is 10.2. The molecule has 0 aliphatic rings. The Balaban J connectivity index is 1.95. The fourth-order valence-corrected chi connectivity index (χ4v) is 2.11. The number of rotatable bonds is 6. The van der Waals surface area contributed by atoms with Crippen molar-refractivity contribution >= 4 is 11.5 Å². The number of nitrogens with one attached hydrogen (secondary N) is 1. The average Bonchev–Trinajstić information content (AvgIpc) is 2.89. The minimum Gasteiger partial charge on any atom is -0.394 e. The number of aromatic nitrogens is 4. The molecule has 6 nitrogen and oxygen atoms in total. The van der Waals surface area contributed by atoms with Crippen molar-refractivity contribution in [3.05, 3.63) is 23.7 Å². The average molecular weight is 262 g/mol. The minimum absolute atomic E-state index is 0.765. The molecule has 0 fully saturated rings. The molecule has 0 spiro atoms. The molecule has 2 aromatic rings. The lowest BCUT2D eigenvalue weighted by molar-refractivity contribution is 0.633. The molecule has 0 saturated heterocycles. The number of aryl methyl sites for hydroxylation is 3. The van der Waals surface area contributed by atoms with Crippen molar-refractivity contribution in [2.45, 2.75) is 33.2 Å². The van der Waals surface area contributed by atoms with Crippen molar-refractivity contribution < 1.29 is 0 Å². The van der Waals surface area contributed by atoms with Gasteiger partial charge >= 0.3 is 0 Å². The maximum absolute atomic E-state index is 6.11. The van der Waals surface area contributed by atoms with Crippen LogP contribution in [0.15, 0.2) is 12.4 Å². The van der Waals surface area contributed by atoms with E-state index in [1.807, 2.05) is 35.7 Å². The summed E-state index contributed by atoms with van der Waals surface area (Å²) in [6.45, 7) is 5.74. The summed E-state index contributed by atoms with van der Waals surface area (Å²) in [6, 6.07) is 0. The van der Waals surface area contributed by atoms with Gasteiger partial charge in [-0.25, -0.2) is 0 Å². The van der Waals surface area contributed by atoms with Crippen molar-refractivity contribution in [3.63, 3.8) is 0 Å². The third-order valence-electron chi connectivity index (χ3n) is 3.04. The molecule has 3 N–H and O–H groups in total. The molecule has 104 valence electrons. The zero-order valence-corrected chi connectivity index (χ0v) is 11.8. The van der Waals surface area contributed by atoms with Crippen LogP contribution in [0.4, 0.5) is 11.5 Å². The van der Waals surface area contributed by atoms with E-state index >= 15 is 0 Å². The van der Waals surface area contributed by atoms with E-state index in [-0.39, 0.29) is 0 Å². The van der Waals surface area contributed by atoms with E-state index in [1.54, 1.807) is 0 Å². The van der Waals surface area contributed by atoms with Gasteiger partial charge in [-0.05, 0) is 18.9 Å². The van der Waals surface area contributed by atoms with Crippen molar-refractivity contribution in [2.75, 3.05) is 17.6 Å². The second kappa shape index (κ2) is 5.77. The molecule has 19 heavy (non-hydrogen) atoms. The van der Waals surface area contributed by atoms with Gasteiger partial charge in [-0.3, -0.25) is 9.36 Å². The summed E-state index contributed by atoms with van der Waals surface area (Å²) in [4.78, 5) is 0. The number of nitrogens with two attached hydrogens (primary N) is 1. The number of nitrogens with zero attached hydrogens (tertiary/aromatic N) is 4. The number of hydrogen-bond donors (Lipinski definition) is 2. The first-order valence-electron chi connectivity index (χ1n) is 6.66. The molecule has 0 atom stereocenters. The maximum atomic E-state index is 6.11. The molecule has 6 heteroatoms. The van der Waals surface area contributed by atoms with Crippen molar-refractivity contribution in [2.24, 2.45) is 7.05 Å². The third kappa shape index (κ3) is 3.07. The molecule has 2 rings (SSSR count). The molecule has 0 unspecified atom stereocenters. The van der Waals surface area contributed by atoms with Gasteiger partial charge in [0.2, 0.25) is 0 Å². The van der Waals surface area contributed by atoms with Gasteiger partial charge in [0.05, 0.1) is 24.1 Å². The Morgan fingerprint density at radius 1 is 1.42 bits per heavy atom. The van der Waals surface area contributed by atoms with Gasteiger partial charge < -0.3 is 11.1 Å². The van der Waals surface area contributed by atoms with Crippen LogP contribution in [-0.4, -0.2) is 26.1 Å². The van der Waals surface area contributed by atoms with Gasteiger partial charge in [0.15, 0.2) is 0 Å². The number of anilines is 2. The minimum atomic E-state index is 0.765. The van der Waals surface area contributed by atoms with E-state index in [0.717, 1.165) is 43.1 Å².